The van der Waals surface area contributed by atoms with Crippen molar-refractivity contribution in [2.24, 2.45) is 5.41 Å². The Labute approximate surface area is 160 Å². The van der Waals surface area contributed by atoms with Crippen LogP contribution in [-0.2, 0) is 0 Å². The fourth-order valence-electron chi connectivity index (χ4n) is 2.95. The zero-order valence-corrected chi connectivity index (χ0v) is 15.9. The first-order valence-corrected chi connectivity index (χ1v) is 8.87. The van der Waals surface area contributed by atoms with Crippen LogP contribution >= 0.6 is 0 Å². The predicted octanol–water partition coefficient (Wildman–Crippen LogP) is 4.49. The molecule has 1 aromatic heterocycles. The van der Waals surface area contributed by atoms with E-state index in [1.54, 1.807) is 0 Å². The fraction of sp³-hybridized carbons (Fsp3) is 0.273. The van der Waals surface area contributed by atoms with E-state index in [1.165, 1.54) is 23.4 Å². The van der Waals surface area contributed by atoms with Gasteiger partial charge in [0, 0.05) is 0 Å². The summed E-state index contributed by atoms with van der Waals surface area (Å²) in [6.07, 6.45) is 3.65. The molecule has 0 aliphatic heterocycles. The second kappa shape index (κ2) is 7.37. The quantitative estimate of drug-likeness (QED) is 0.656. The molecule has 3 rings (SSSR count). The summed E-state index contributed by atoms with van der Waals surface area (Å²) in [5.74, 6) is 0.625. The van der Waals surface area contributed by atoms with Crippen molar-refractivity contribution < 1.29 is 9.84 Å². The smallest absolute Gasteiger partial charge is 0.225 e. The molecule has 0 bridgehead atoms. The van der Waals surface area contributed by atoms with Crippen LogP contribution in [0.5, 0.6) is 5.75 Å². The molecule has 0 radical (unpaired) electrons. The predicted molar refractivity (Wildman–Crippen MR) is 106 cm³/mol. The Bertz CT molecular complexity index is 868. The van der Waals surface area contributed by atoms with Gasteiger partial charge in [-0.25, -0.2) is 9.67 Å². The van der Waals surface area contributed by atoms with Crippen LogP contribution in [0.25, 0.3) is 11.1 Å². The topological polar surface area (TPSA) is 60.2 Å². The molecule has 3 aromatic rings. The van der Waals surface area contributed by atoms with E-state index >= 15 is 0 Å². The van der Waals surface area contributed by atoms with Gasteiger partial charge in [-0.05, 0) is 28.7 Å². The van der Waals surface area contributed by atoms with Gasteiger partial charge in [0.1, 0.15) is 24.0 Å². The van der Waals surface area contributed by atoms with Crippen molar-refractivity contribution in [1.82, 2.24) is 14.8 Å². The molecule has 2 atom stereocenters. The zero-order chi connectivity index (χ0) is 19.5. The van der Waals surface area contributed by atoms with Crippen molar-refractivity contribution in [3.63, 3.8) is 0 Å². The molecule has 0 aliphatic rings. The van der Waals surface area contributed by atoms with Crippen LogP contribution < -0.4 is 4.74 Å². The highest BCUT2D eigenvalue weighted by atomic mass is 16.5. The molecule has 27 heavy (non-hydrogen) atoms. The number of rotatable bonds is 6. The van der Waals surface area contributed by atoms with Gasteiger partial charge in [0.15, 0.2) is 0 Å². The average molecular weight is 363 g/mol. The molecule has 5 heteroatoms. The number of hydrogen-bond donors (Lipinski definition) is 1. The third-order valence-electron chi connectivity index (χ3n) is 4.78. The van der Waals surface area contributed by atoms with Crippen LogP contribution in [0.3, 0.4) is 0 Å². The Morgan fingerprint density at radius 3 is 2.19 bits per heavy atom. The minimum atomic E-state index is -1.36. The molecular formula is C22H25N3O2. The first-order chi connectivity index (χ1) is 12.8. The summed E-state index contributed by atoms with van der Waals surface area (Å²) < 4.78 is 7.68. The first kappa shape index (κ1) is 18.9. The second-order valence-electron chi connectivity index (χ2n) is 7.52. The molecule has 1 heterocycles. The van der Waals surface area contributed by atoms with Crippen LogP contribution in [0.4, 0.5) is 0 Å². The maximum Gasteiger partial charge on any atom is 0.225 e. The summed E-state index contributed by atoms with van der Waals surface area (Å²) in [4.78, 5) is 3.99. The second-order valence-corrected chi connectivity index (χ2v) is 7.52. The zero-order valence-electron chi connectivity index (χ0n) is 15.9. The monoisotopic (exact) mass is 363 g/mol. The highest BCUT2D eigenvalue weighted by Gasteiger charge is 2.47. The van der Waals surface area contributed by atoms with Crippen molar-refractivity contribution in [2.75, 3.05) is 0 Å². The van der Waals surface area contributed by atoms with Gasteiger partial charge in [-0.2, -0.15) is 5.10 Å². The number of aliphatic hydroxyl groups is 1. The minimum absolute atomic E-state index is 0.532. The molecule has 0 fully saturated rings. The van der Waals surface area contributed by atoms with E-state index < -0.39 is 17.2 Å². The third kappa shape index (κ3) is 3.78. The first-order valence-electron chi connectivity index (χ1n) is 8.87. The van der Waals surface area contributed by atoms with E-state index in [2.05, 4.69) is 28.8 Å². The Morgan fingerprint density at radius 2 is 1.67 bits per heavy atom. The maximum absolute atomic E-state index is 11.4. The van der Waals surface area contributed by atoms with Gasteiger partial charge < -0.3 is 9.84 Å². The minimum Gasteiger partial charge on any atom is -0.465 e. The number of ether oxygens (including phenoxy) is 1. The summed E-state index contributed by atoms with van der Waals surface area (Å²) >= 11 is 0. The number of benzene rings is 2. The molecule has 5 nitrogen and oxygen atoms in total. The lowest BCUT2D eigenvalue weighted by atomic mass is 9.75. The Balaban J connectivity index is 1.92. The van der Waals surface area contributed by atoms with Gasteiger partial charge in [-0.15, -0.1) is 6.58 Å². The molecule has 0 aliphatic carbocycles. The van der Waals surface area contributed by atoms with E-state index in [9.17, 15) is 5.11 Å². The molecular weight excluding hydrogens is 338 g/mol. The third-order valence-corrected chi connectivity index (χ3v) is 4.78. The Morgan fingerprint density at radius 1 is 1.04 bits per heavy atom. The molecule has 0 amide bonds. The van der Waals surface area contributed by atoms with E-state index in [4.69, 9.17) is 4.74 Å². The van der Waals surface area contributed by atoms with Crippen LogP contribution in [0.1, 0.15) is 27.0 Å². The van der Waals surface area contributed by atoms with Gasteiger partial charge in [0.2, 0.25) is 6.23 Å². The van der Waals surface area contributed by atoms with Crippen molar-refractivity contribution in [1.29, 1.82) is 0 Å². The van der Waals surface area contributed by atoms with E-state index in [0.717, 1.165) is 11.1 Å². The lowest BCUT2D eigenvalue weighted by Gasteiger charge is -2.42. The van der Waals surface area contributed by atoms with E-state index in [0.29, 0.717) is 5.75 Å². The SMILES string of the molecule is C=CC(O)(C(Oc1ccc(-c2ccccc2)cc1)n1cncn1)C(C)(C)C. The Hall–Kier alpha value is -2.92. The summed E-state index contributed by atoms with van der Waals surface area (Å²) in [5.41, 5.74) is 0.331. The van der Waals surface area contributed by atoms with Crippen molar-refractivity contribution in [2.45, 2.75) is 32.6 Å². The van der Waals surface area contributed by atoms with Gasteiger partial charge in [0.05, 0.1) is 0 Å². The highest BCUT2D eigenvalue weighted by Crippen LogP contribution is 2.41. The van der Waals surface area contributed by atoms with Gasteiger partial charge in [-0.1, -0.05) is 69.3 Å². The number of hydrogen-bond acceptors (Lipinski definition) is 4. The normalized spacial score (nSPS) is 15.0. The van der Waals surface area contributed by atoms with Gasteiger partial charge in [0.25, 0.3) is 0 Å². The number of nitrogens with zero attached hydrogens (tertiary/aromatic N) is 3. The molecule has 0 saturated heterocycles. The standard InChI is InChI=1S/C22H25N3O2/c1-5-22(26,21(2,3)4)20(25-16-23-15-24-25)27-19-13-11-18(12-14-19)17-9-7-6-8-10-17/h5-16,20,26H,1H2,2-4H3. The lowest BCUT2D eigenvalue weighted by Crippen LogP contribution is -2.50. The molecule has 0 saturated carbocycles. The van der Waals surface area contributed by atoms with Crippen LogP contribution in [0.15, 0.2) is 79.9 Å². The summed E-state index contributed by atoms with van der Waals surface area (Å²) in [6.45, 7) is 9.63. The van der Waals surface area contributed by atoms with Crippen molar-refractivity contribution >= 4 is 0 Å². The molecule has 2 aromatic carbocycles. The van der Waals surface area contributed by atoms with Gasteiger partial charge in [-0.3, -0.25) is 0 Å². The molecule has 2 unspecified atom stereocenters. The summed E-state index contributed by atoms with van der Waals surface area (Å²) in [5, 5.41) is 15.5. The van der Waals surface area contributed by atoms with Crippen LogP contribution in [0, 0.1) is 5.41 Å². The molecule has 140 valence electrons. The summed E-state index contributed by atoms with van der Waals surface area (Å²) in [6, 6.07) is 17.9. The van der Waals surface area contributed by atoms with E-state index in [1.807, 2.05) is 63.2 Å². The Kier molecular flexibility index (Phi) is 5.15. The lowest BCUT2D eigenvalue weighted by molar-refractivity contribution is -0.132. The molecule has 0 spiro atoms. The number of aromatic nitrogens is 3. The van der Waals surface area contributed by atoms with Crippen molar-refractivity contribution in [3.8, 4) is 16.9 Å². The van der Waals surface area contributed by atoms with Gasteiger partial charge >= 0.3 is 0 Å². The highest BCUT2D eigenvalue weighted by molar-refractivity contribution is 5.63. The van der Waals surface area contributed by atoms with Crippen LogP contribution in [-0.4, -0.2) is 25.5 Å². The fourth-order valence-corrected chi connectivity index (χ4v) is 2.95. The van der Waals surface area contributed by atoms with Crippen molar-refractivity contribution in [3.05, 3.63) is 79.9 Å². The largest absolute Gasteiger partial charge is 0.465 e. The summed E-state index contributed by atoms with van der Waals surface area (Å²) in [7, 11) is 0. The van der Waals surface area contributed by atoms with E-state index in [-0.39, 0.29) is 0 Å². The molecule has 1 N–H and O–H groups in total. The maximum atomic E-state index is 11.4. The van der Waals surface area contributed by atoms with Crippen LogP contribution in [0.2, 0.25) is 0 Å². The average Bonchev–Trinajstić information content (AvgIpc) is 3.20.